The summed E-state index contributed by atoms with van der Waals surface area (Å²) in [6, 6.07) is 14.0. The Balaban J connectivity index is 1.34. The van der Waals surface area contributed by atoms with Crippen LogP contribution in [-0.4, -0.2) is 42.8 Å². The number of phenolic OH excluding ortho intramolecular Hbond substituents is 1. The van der Waals surface area contributed by atoms with Gasteiger partial charge in [0.1, 0.15) is 28.7 Å². The van der Waals surface area contributed by atoms with Crippen molar-refractivity contribution in [1.82, 2.24) is 4.90 Å². The number of nitrogens with one attached hydrogen (secondary N) is 1. The van der Waals surface area contributed by atoms with Gasteiger partial charge in [-0.05, 0) is 106 Å². The predicted molar refractivity (Wildman–Crippen MR) is 127 cm³/mol. The molecule has 32 heavy (non-hydrogen) atoms. The molecule has 168 valence electrons. The maximum atomic E-state index is 10.4. The van der Waals surface area contributed by atoms with Crippen LogP contribution in [0.4, 0.5) is 5.69 Å². The number of benzene rings is 2. The lowest BCUT2D eigenvalue weighted by molar-refractivity contribution is -0.107. The highest BCUT2D eigenvalue weighted by Crippen LogP contribution is 2.57. The topological polar surface area (TPSA) is 68.5 Å². The molecule has 5 heteroatoms. The van der Waals surface area contributed by atoms with E-state index in [9.17, 15) is 10.4 Å². The van der Waals surface area contributed by atoms with Crippen molar-refractivity contribution in [1.29, 1.82) is 5.26 Å². The quantitative estimate of drug-likeness (QED) is 0.626. The van der Waals surface area contributed by atoms with Gasteiger partial charge < -0.3 is 20.1 Å². The molecule has 5 nitrogen and oxygen atoms in total. The zero-order chi connectivity index (χ0) is 22.3. The molecule has 4 fully saturated rings. The van der Waals surface area contributed by atoms with Crippen molar-refractivity contribution >= 4 is 5.69 Å². The van der Waals surface area contributed by atoms with E-state index in [1.54, 1.807) is 6.07 Å². The molecule has 4 saturated carbocycles. The number of nitriles is 1. The van der Waals surface area contributed by atoms with Crippen molar-refractivity contribution in [2.24, 2.45) is 17.8 Å². The third-order valence-corrected chi connectivity index (χ3v) is 7.61. The maximum Gasteiger partial charge on any atom is 0.136 e. The van der Waals surface area contributed by atoms with Crippen LogP contribution in [0.2, 0.25) is 0 Å². The zero-order valence-corrected chi connectivity index (χ0v) is 19.1. The standard InChI is InChI=1S/C27H33N3O2/c1-30(2)8-7-29-25-12-22(13-26(31)24(25)17-28)21-3-5-23(6-4-21)32-27-14-18-9-19(15-27)11-20(10-18)16-27/h3-6,12-13,18-20,29,31H,7-11,14-16H2,1-2H3. The van der Waals surface area contributed by atoms with Crippen molar-refractivity contribution < 1.29 is 9.84 Å². The first-order chi connectivity index (χ1) is 15.4. The van der Waals surface area contributed by atoms with E-state index in [1.165, 1.54) is 38.5 Å². The van der Waals surface area contributed by atoms with Gasteiger partial charge in [0.15, 0.2) is 0 Å². The van der Waals surface area contributed by atoms with E-state index < -0.39 is 0 Å². The normalized spacial score (nSPS) is 28.0. The Morgan fingerprint density at radius 3 is 2.22 bits per heavy atom. The molecule has 2 N–H and O–H groups in total. The fourth-order valence-corrected chi connectivity index (χ4v) is 6.59. The average Bonchev–Trinajstić information content (AvgIpc) is 2.72. The third kappa shape index (κ3) is 4.17. The second-order valence-corrected chi connectivity index (χ2v) is 10.5. The molecule has 0 amide bonds. The molecule has 4 aliphatic rings. The Morgan fingerprint density at radius 1 is 1.03 bits per heavy atom. The van der Waals surface area contributed by atoms with Crippen LogP contribution in [0.5, 0.6) is 11.5 Å². The molecule has 6 rings (SSSR count). The van der Waals surface area contributed by atoms with Gasteiger partial charge in [0.2, 0.25) is 0 Å². The van der Waals surface area contributed by atoms with Crippen LogP contribution in [0.15, 0.2) is 36.4 Å². The van der Waals surface area contributed by atoms with Gasteiger partial charge in [-0.1, -0.05) is 12.1 Å². The van der Waals surface area contributed by atoms with E-state index in [1.807, 2.05) is 20.2 Å². The van der Waals surface area contributed by atoms with E-state index in [0.29, 0.717) is 12.2 Å². The predicted octanol–water partition coefficient (Wildman–Crippen LogP) is 5.25. The van der Waals surface area contributed by atoms with Crippen LogP contribution in [-0.2, 0) is 0 Å². The first-order valence-electron chi connectivity index (χ1n) is 11.9. The van der Waals surface area contributed by atoms with Gasteiger partial charge in [-0.25, -0.2) is 0 Å². The molecule has 2 aromatic rings. The third-order valence-electron chi connectivity index (χ3n) is 7.61. The largest absolute Gasteiger partial charge is 0.506 e. The van der Waals surface area contributed by atoms with E-state index >= 15 is 0 Å². The molecule has 0 spiro atoms. The molecular formula is C27H33N3O2. The van der Waals surface area contributed by atoms with Crippen molar-refractivity contribution in [3.63, 3.8) is 0 Å². The number of ether oxygens (including phenoxy) is 1. The molecule has 0 saturated heterocycles. The van der Waals surface area contributed by atoms with Crippen molar-refractivity contribution in [3.8, 4) is 28.7 Å². The summed E-state index contributed by atoms with van der Waals surface area (Å²) in [5.74, 6) is 3.53. The Hall–Kier alpha value is -2.71. The van der Waals surface area contributed by atoms with Gasteiger partial charge in [-0.15, -0.1) is 0 Å². The summed E-state index contributed by atoms with van der Waals surface area (Å²) < 4.78 is 6.66. The van der Waals surface area contributed by atoms with Gasteiger partial charge in [-0.2, -0.15) is 5.26 Å². The number of likely N-dealkylation sites (N-methyl/N-ethyl adjacent to an activating group) is 1. The Bertz CT molecular complexity index is 987. The molecular weight excluding hydrogens is 398 g/mol. The average molecular weight is 432 g/mol. The second-order valence-electron chi connectivity index (χ2n) is 10.5. The molecule has 0 aliphatic heterocycles. The summed E-state index contributed by atoms with van der Waals surface area (Å²) in [6.07, 6.45) is 7.88. The number of phenols is 1. The molecule has 4 bridgehead atoms. The van der Waals surface area contributed by atoms with E-state index in [4.69, 9.17) is 4.74 Å². The molecule has 0 aromatic heterocycles. The van der Waals surface area contributed by atoms with E-state index in [-0.39, 0.29) is 16.9 Å². The van der Waals surface area contributed by atoms with Crippen LogP contribution in [0.1, 0.15) is 44.1 Å². The van der Waals surface area contributed by atoms with Gasteiger partial charge in [0.05, 0.1) is 5.69 Å². The summed E-state index contributed by atoms with van der Waals surface area (Å²) in [6.45, 7) is 1.54. The zero-order valence-electron chi connectivity index (χ0n) is 19.1. The minimum absolute atomic E-state index is 0.00578. The van der Waals surface area contributed by atoms with Crippen molar-refractivity contribution in [3.05, 3.63) is 42.0 Å². The van der Waals surface area contributed by atoms with Gasteiger partial charge >= 0.3 is 0 Å². The van der Waals surface area contributed by atoms with Gasteiger partial charge in [0.25, 0.3) is 0 Å². The molecule has 0 heterocycles. The van der Waals surface area contributed by atoms with Crippen LogP contribution in [0, 0.1) is 29.1 Å². The summed E-state index contributed by atoms with van der Waals surface area (Å²) in [7, 11) is 4.02. The maximum absolute atomic E-state index is 10.4. The lowest BCUT2D eigenvalue weighted by Crippen LogP contribution is -2.53. The van der Waals surface area contributed by atoms with Crippen LogP contribution >= 0.6 is 0 Å². The molecule has 0 atom stereocenters. The Morgan fingerprint density at radius 2 is 1.66 bits per heavy atom. The summed E-state index contributed by atoms with van der Waals surface area (Å²) >= 11 is 0. The Kier molecular flexibility index (Phi) is 5.51. The number of hydrogen-bond donors (Lipinski definition) is 2. The number of hydrogen-bond acceptors (Lipinski definition) is 5. The van der Waals surface area contributed by atoms with Crippen molar-refractivity contribution in [2.45, 2.75) is 44.1 Å². The number of anilines is 1. The molecule has 0 unspecified atom stereocenters. The number of rotatable bonds is 7. The van der Waals surface area contributed by atoms with E-state index in [0.717, 1.165) is 41.2 Å². The van der Waals surface area contributed by atoms with Gasteiger partial charge in [0, 0.05) is 13.1 Å². The highest BCUT2D eigenvalue weighted by molar-refractivity contribution is 5.76. The summed E-state index contributed by atoms with van der Waals surface area (Å²) in [4.78, 5) is 2.07. The fraction of sp³-hybridized carbons (Fsp3) is 0.519. The SMILES string of the molecule is CN(C)CCNc1cc(-c2ccc(OC34CC5CC(CC(C5)C3)C4)cc2)cc(O)c1C#N. The van der Waals surface area contributed by atoms with Crippen LogP contribution < -0.4 is 10.1 Å². The van der Waals surface area contributed by atoms with Crippen molar-refractivity contribution in [2.75, 3.05) is 32.5 Å². The summed E-state index contributed by atoms with van der Waals surface area (Å²) in [5, 5.41) is 23.2. The highest BCUT2D eigenvalue weighted by atomic mass is 16.5. The van der Waals surface area contributed by atoms with Crippen LogP contribution in [0.25, 0.3) is 11.1 Å². The molecule has 2 aromatic carbocycles. The minimum atomic E-state index is 0.00578. The summed E-state index contributed by atoms with van der Waals surface area (Å²) in [5.41, 5.74) is 2.88. The van der Waals surface area contributed by atoms with E-state index in [2.05, 4.69) is 40.6 Å². The fourth-order valence-electron chi connectivity index (χ4n) is 6.59. The molecule has 0 radical (unpaired) electrons. The number of nitrogens with zero attached hydrogens (tertiary/aromatic N) is 2. The second kappa shape index (κ2) is 8.33. The number of aromatic hydroxyl groups is 1. The first kappa shape index (κ1) is 21.2. The smallest absolute Gasteiger partial charge is 0.136 e. The van der Waals surface area contributed by atoms with Gasteiger partial charge in [-0.3, -0.25) is 0 Å². The minimum Gasteiger partial charge on any atom is -0.506 e. The first-order valence-corrected chi connectivity index (χ1v) is 11.9. The van der Waals surface area contributed by atoms with Crippen LogP contribution in [0.3, 0.4) is 0 Å². The lowest BCUT2D eigenvalue weighted by Gasteiger charge is -2.56. The highest BCUT2D eigenvalue weighted by Gasteiger charge is 2.52. The monoisotopic (exact) mass is 431 g/mol. The Labute approximate surface area is 191 Å². The lowest BCUT2D eigenvalue weighted by atomic mass is 9.54. The molecule has 4 aliphatic carbocycles.